The highest BCUT2D eigenvalue weighted by molar-refractivity contribution is 7.99. The second kappa shape index (κ2) is 9.95. The van der Waals surface area contributed by atoms with Gasteiger partial charge in [-0.2, -0.15) is 0 Å². The van der Waals surface area contributed by atoms with Gasteiger partial charge in [-0.1, -0.05) is 30.0 Å². The highest BCUT2D eigenvalue weighted by Crippen LogP contribution is 2.29. The number of thioether (sulfide) groups is 1. The van der Waals surface area contributed by atoms with Crippen LogP contribution in [0.1, 0.15) is 34.6 Å². The molecule has 0 aliphatic carbocycles. The smallest absolute Gasteiger partial charge is 0.196 e. The summed E-state index contributed by atoms with van der Waals surface area (Å²) in [6.07, 6.45) is 5.92. The quantitative estimate of drug-likeness (QED) is 0.268. The SMILES string of the molecule is Cc1cc(C(=O)CSc2nnc(-c3cccnc3)n2-c2ccccc2)c(C)n1C[C@@H]1CCCO1. The standard InChI is InChI=1S/C26H27N5O2S/c1-18-14-23(19(2)30(18)16-22-11-7-13-33-22)24(32)17-34-26-29-28-25(20-8-6-12-27-15-20)31(26)21-9-4-3-5-10-21/h3-6,8-10,12,14-15,22H,7,11,13,16-17H2,1-2H3/t22-/m0/s1. The molecule has 1 atom stereocenters. The Morgan fingerprint density at radius 1 is 1.15 bits per heavy atom. The van der Waals surface area contributed by atoms with Crippen LogP contribution in [0.4, 0.5) is 0 Å². The minimum absolute atomic E-state index is 0.0854. The lowest BCUT2D eigenvalue weighted by Gasteiger charge is -2.14. The lowest BCUT2D eigenvalue weighted by Crippen LogP contribution is -2.17. The molecule has 3 aromatic heterocycles. The molecule has 0 saturated carbocycles. The van der Waals surface area contributed by atoms with Crippen LogP contribution >= 0.6 is 11.8 Å². The van der Waals surface area contributed by atoms with Crippen LogP contribution in [0.25, 0.3) is 17.1 Å². The summed E-state index contributed by atoms with van der Waals surface area (Å²) in [6, 6.07) is 15.8. The summed E-state index contributed by atoms with van der Waals surface area (Å²) >= 11 is 1.40. The van der Waals surface area contributed by atoms with Gasteiger partial charge in [0.15, 0.2) is 16.8 Å². The molecule has 0 N–H and O–H groups in total. The first-order valence-corrected chi connectivity index (χ1v) is 12.5. The predicted octanol–water partition coefficient (Wildman–Crippen LogP) is 4.90. The number of aromatic nitrogens is 5. The van der Waals surface area contributed by atoms with Crippen molar-refractivity contribution in [1.29, 1.82) is 0 Å². The number of hydrogen-bond acceptors (Lipinski definition) is 6. The summed E-state index contributed by atoms with van der Waals surface area (Å²) < 4.78 is 9.99. The summed E-state index contributed by atoms with van der Waals surface area (Å²) in [5, 5.41) is 9.52. The van der Waals surface area contributed by atoms with Crippen LogP contribution in [0.2, 0.25) is 0 Å². The van der Waals surface area contributed by atoms with E-state index in [4.69, 9.17) is 4.74 Å². The van der Waals surface area contributed by atoms with E-state index in [0.29, 0.717) is 11.0 Å². The van der Waals surface area contributed by atoms with Crippen LogP contribution in [-0.4, -0.2) is 48.6 Å². The Labute approximate surface area is 203 Å². The van der Waals surface area contributed by atoms with Crippen molar-refractivity contribution >= 4 is 17.5 Å². The summed E-state index contributed by atoms with van der Waals surface area (Å²) in [6.45, 7) is 5.70. The molecule has 0 amide bonds. The molecule has 0 unspecified atom stereocenters. The van der Waals surface area contributed by atoms with Gasteiger partial charge >= 0.3 is 0 Å². The van der Waals surface area contributed by atoms with Crippen LogP contribution in [0.3, 0.4) is 0 Å². The van der Waals surface area contributed by atoms with Gasteiger partial charge in [0.25, 0.3) is 0 Å². The van der Waals surface area contributed by atoms with Crippen LogP contribution in [0.15, 0.2) is 66.1 Å². The number of ketones is 1. The Balaban J connectivity index is 1.38. The zero-order chi connectivity index (χ0) is 23.5. The topological polar surface area (TPSA) is 74.8 Å². The van der Waals surface area contributed by atoms with Gasteiger partial charge in [-0.3, -0.25) is 14.3 Å². The number of para-hydroxylation sites is 1. The summed E-state index contributed by atoms with van der Waals surface area (Å²) in [4.78, 5) is 17.5. The molecule has 5 rings (SSSR count). The fourth-order valence-corrected chi connectivity index (χ4v) is 5.25. The van der Waals surface area contributed by atoms with Crippen LogP contribution in [-0.2, 0) is 11.3 Å². The second-order valence-electron chi connectivity index (χ2n) is 8.46. The number of pyridine rings is 1. The predicted molar refractivity (Wildman–Crippen MR) is 133 cm³/mol. The molecule has 1 saturated heterocycles. The zero-order valence-electron chi connectivity index (χ0n) is 19.3. The molecule has 4 aromatic rings. The molecule has 1 fully saturated rings. The first-order valence-electron chi connectivity index (χ1n) is 11.5. The molecule has 1 aliphatic heterocycles. The number of Topliss-reactive ketones (excluding diaryl/α,β-unsaturated/α-hetero) is 1. The number of benzene rings is 1. The summed E-state index contributed by atoms with van der Waals surface area (Å²) in [7, 11) is 0. The monoisotopic (exact) mass is 473 g/mol. The summed E-state index contributed by atoms with van der Waals surface area (Å²) in [5.74, 6) is 1.06. The third-order valence-electron chi connectivity index (χ3n) is 6.18. The second-order valence-corrected chi connectivity index (χ2v) is 9.40. The van der Waals surface area contributed by atoms with E-state index in [9.17, 15) is 4.79 Å². The lowest BCUT2D eigenvalue weighted by molar-refractivity contribution is 0.0957. The van der Waals surface area contributed by atoms with Crippen LogP contribution < -0.4 is 0 Å². The van der Waals surface area contributed by atoms with Gasteiger partial charge < -0.3 is 9.30 Å². The van der Waals surface area contributed by atoms with Gasteiger partial charge in [0, 0.05) is 53.7 Å². The van der Waals surface area contributed by atoms with Crippen LogP contribution in [0, 0.1) is 13.8 Å². The fraction of sp³-hybridized carbons (Fsp3) is 0.308. The van der Waals surface area contributed by atoms with Crippen molar-refractivity contribution in [3.8, 4) is 17.1 Å². The maximum absolute atomic E-state index is 13.2. The number of nitrogens with zero attached hydrogens (tertiary/aromatic N) is 5. The minimum Gasteiger partial charge on any atom is -0.376 e. The van der Waals surface area contributed by atoms with E-state index in [1.54, 1.807) is 12.4 Å². The molecule has 0 radical (unpaired) electrons. The number of rotatable bonds is 8. The van der Waals surface area contributed by atoms with E-state index >= 15 is 0 Å². The van der Waals surface area contributed by atoms with Crippen molar-refractivity contribution in [3.05, 3.63) is 77.9 Å². The molecule has 1 aliphatic rings. The highest BCUT2D eigenvalue weighted by Gasteiger charge is 2.22. The van der Waals surface area contributed by atoms with Crippen molar-refractivity contribution in [3.63, 3.8) is 0 Å². The Morgan fingerprint density at radius 2 is 2.00 bits per heavy atom. The van der Waals surface area contributed by atoms with Gasteiger partial charge in [-0.15, -0.1) is 10.2 Å². The Kier molecular flexibility index (Phi) is 6.60. The van der Waals surface area contributed by atoms with Gasteiger partial charge in [-0.05, 0) is 57.0 Å². The largest absolute Gasteiger partial charge is 0.376 e. The number of carbonyl (C=O) groups excluding carboxylic acids is 1. The van der Waals surface area contributed by atoms with Gasteiger partial charge in [-0.25, -0.2) is 0 Å². The third-order valence-corrected chi connectivity index (χ3v) is 7.11. The maximum atomic E-state index is 13.2. The molecule has 8 heteroatoms. The summed E-state index contributed by atoms with van der Waals surface area (Å²) in [5.41, 5.74) is 4.67. The first kappa shape index (κ1) is 22.6. The molecular weight excluding hydrogens is 446 g/mol. The zero-order valence-corrected chi connectivity index (χ0v) is 20.2. The van der Waals surface area contributed by atoms with E-state index in [0.717, 1.165) is 54.2 Å². The average molecular weight is 474 g/mol. The normalized spacial score (nSPS) is 15.6. The number of carbonyl (C=O) groups is 1. The van der Waals surface area contributed by atoms with Crippen molar-refractivity contribution < 1.29 is 9.53 Å². The minimum atomic E-state index is 0.0854. The van der Waals surface area contributed by atoms with Crippen molar-refractivity contribution in [1.82, 2.24) is 24.3 Å². The molecule has 0 bridgehead atoms. The van der Waals surface area contributed by atoms with E-state index in [-0.39, 0.29) is 17.6 Å². The number of ether oxygens (including phenoxy) is 1. The molecule has 0 spiro atoms. The lowest BCUT2D eigenvalue weighted by atomic mass is 10.2. The van der Waals surface area contributed by atoms with E-state index in [1.165, 1.54) is 11.8 Å². The molecule has 174 valence electrons. The number of aryl methyl sites for hydroxylation is 1. The molecule has 1 aromatic carbocycles. The highest BCUT2D eigenvalue weighted by atomic mass is 32.2. The number of hydrogen-bond donors (Lipinski definition) is 0. The molecule has 4 heterocycles. The Morgan fingerprint density at radius 3 is 2.74 bits per heavy atom. The van der Waals surface area contributed by atoms with Gasteiger partial charge in [0.05, 0.1) is 11.9 Å². The van der Waals surface area contributed by atoms with Crippen molar-refractivity contribution in [2.75, 3.05) is 12.4 Å². The maximum Gasteiger partial charge on any atom is 0.196 e. The third kappa shape index (κ3) is 4.56. The first-order chi connectivity index (χ1) is 16.6. The van der Waals surface area contributed by atoms with Crippen molar-refractivity contribution in [2.24, 2.45) is 0 Å². The van der Waals surface area contributed by atoms with Gasteiger partial charge in [0.2, 0.25) is 0 Å². The van der Waals surface area contributed by atoms with E-state index in [1.807, 2.05) is 60.0 Å². The molecular formula is C26H27N5O2S. The average Bonchev–Trinajstić information content (AvgIpc) is 3.60. The fourth-order valence-electron chi connectivity index (χ4n) is 4.42. The van der Waals surface area contributed by atoms with Crippen molar-refractivity contribution in [2.45, 2.75) is 44.5 Å². The Hall–Kier alpha value is -3.23. The molecule has 34 heavy (non-hydrogen) atoms. The molecule has 7 nitrogen and oxygen atoms in total. The van der Waals surface area contributed by atoms with Gasteiger partial charge in [0.1, 0.15) is 0 Å². The van der Waals surface area contributed by atoms with E-state index in [2.05, 4.69) is 26.7 Å². The van der Waals surface area contributed by atoms with E-state index < -0.39 is 0 Å². The Bertz CT molecular complexity index is 1280. The van der Waals surface area contributed by atoms with Crippen LogP contribution in [0.5, 0.6) is 0 Å².